The molecule has 182 valence electrons. The molecule has 0 amide bonds. The van der Waals surface area contributed by atoms with Gasteiger partial charge in [-0.15, -0.1) is 0 Å². The van der Waals surface area contributed by atoms with Gasteiger partial charge in [-0.3, -0.25) is 5.04 Å². The van der Waals surface area contributed by atoms with Crippen LogP contribution in [0, 0.1) is 0 Å². The fourth-order valence-electron chi connectivity index (χ4n) is 3.54. The first kappa shape index (κ1) is 25.6. The second kappa shape index (κ2) is 12.0. The van der Waals surface area contributed by atoms with Gasteiger partial charge in [0.15, 0.2) is 0 Å². The largest absolute Gasteiger partial charge is 0.744 e. The molecule has 0 bridgehead atoms. The van der Waals surface area contributed by atoms with Gasteiger partial charge in [0.2, 0.25) is 0 Å². The van der Waals surface area contributed by atoms with Crippen LogP contribution < -0.4 is 5.26 Å². The van der Waals surface area contributed by atoms with E-state index < -0.39 is 10.1 Å². The normalized spacial score (nSPS) is 11.9. The summed E-state index contributed by atoms with van der Waals surface area (Å²) in [6.45, 7) is 0. The highest BCUT2D eigenvalue weighted by Gasteiger charge is 2.05. The zero-order chi connectivity index (χ0) is 25.4. The van der Waals surface area contributed by atoms with Crippen molar-refractivity contribution in [2.75, 3.05) is 0 Å². The smallest absolute Gasteiger partial charge is 0.125 e. The molecule has 4 aromatic rings. The number of rotatable bonds is 9. The summed E-state index contributed by atoms with van der Waals surface area (Å²) in [4.78, 5) is 0.521. The molecule has 0 heterocycles. The molecule has 0 aliphatic carbocycles. The standard InChI is InChI=1S/C28H22O6S2/c29-33-34-35-27-7-3-1-5-25(27)19-13-21-9-15-23(16-10-21)24-17-11-22(12-18-24)14-20-26-6-2-4-8-28(26)36(30,31)32/h1-20,29H,(H,30,31,32)/p-2. The minimum Gasteiger partial charge on any atom is -0.744 e. The molecule has 0 aliphatic rings. The summed E-state index contributed by atoms with van der Waals surface area (Å²) in [5.74, 6) is 0. The molecular weight excluding hydrogens is 496 g/mol. The molecule has 0 aromatic heterocycles. The average Bonchev–Trinajstić information content (AvgIpc) is 2.90. The highest BCUT2D eigenvalue weighted by molar-refractivity contribution is 7.94. The molecule has 0 unspecified atom stereocenters. The Kier molecular flexibility index (Phi) is 8.50. The Morgan fingerprint density at radius 3 is 1.69 bits per heavy atom. The van der Waals surface area contributed by atoms with E-state index in [0.717, 1.165) is 44.8 Å². The third-order valence-electron chi connectivity index (χ3n) is 5.32. The third-order valence-corrected chi connectivity index (χ3v) is 6.91. The quantitative estimate of drug-likeness (QED) is 0.0907. The lowest BCUT2D eigenvalue weighted by Gasteiger charge is -2.10. The van der Waals surface area contributed by atoms with E-state index in [9.17, 15) is 18.2 Å². The summed E-state index contributed by atoms with van der Waals surface area (Å²) in [6, 6.07) is 29.5. The van der Waals surface area contributed by atoms with Crippen LogP contribution in [0.1, 0.15) is 22.3 Å². The molecule has 36 heavy (non-hydrogen) atoms. The number of hydrogen-bond acceptors (Lipinski definition) is 7. The minimum atomic E-state index is -4.54. The van der Waals surface area contributed by atoms with Gasteiger partial charge >= 0.3 is 0 Å². The molecule has 0 radical (unpaired) electrons. The summed E-state index contributed by atoms with van der Waals surface area (Å²) in [6.07, 6.45) is 7.29. The Balaban J connectivity index is 1.45. The zero-order valence-corrected chi connectivity index (χ0v) is 20.4. The van der Waals surface area contributed by atoms with Crippen molar-refractivity contribution in [3.8, 4) is 11.1 Å². The molecule has 0 spiro atoms. The van der Waals surface area contributed by atoms with Gasteiger partial charge in [-0.25, -0.2) is 8.42 Å². The molecule has 0 atom stereocenters. The van der Waals surface area contributed by atoms with Crippen molar-refractivity contribution in [1.29, 1.82) is 0 Å². The van der Waals surface area contributed by atoms with E-state index >= 15 is 0 Å². The van der Waals surface area contributed by atoms with Crippen molar-refractivity contribution in [1.82, 2.24) is 0 Å². The highest BCUT2D eigenvalue weighted by atomic mass is 32.2. The molecule has 0 saturated carbocycles. The fraction of sp³-hybridized carbons (Fsp3) is 0. The van der Waals surface area contributed by atoms with Gasteiger partial charge in [-0.1, -0.05) is 109 Å². The van der Waals surface area contributed by atoms with E-state index in [2.05, 4.69) is 9.37 Å². The predicted octanol–water partition coefficient (Wildman–Crippen LogP) is 5.83. The average molecular weight is 517 g/mol. The maximum atomic E-state index is 11.4. The lowest BCUT2D eigenvalue weighted by molar-refractivity contribution is -0.777. The van der Waals surface area contributed by atoms with Gasteiger partial charge in [0.25, 0.3) is 0 Å². The minimum absolute atomic E-state index is 0.237. The van der Waals surface area contributed by atoms with Crippen LogP contribution in [0.25, 0.3) is 35.4 Å². The Hall–Kier alpha value is -3.50. The van der Waals surface area contributed by atoms with Gasteiger partial charge in [0, 0.05) is 4.90 Å². The second-order valence-corrected chi connectivity index (χ2v) is 9.75. The van der Waals surface area contributed by atoms with Crippen LogP contribution in [0.4, 0.5) is 0 Å². The van der Waals surface area contributed by atoms with Crippen LogP contribution in [0.2, 0.25) is 0 Å². The van der Waals surface area contributed by atoms with Crippen LogP contribution in [-0.2, 0) is 19.5 Å². The van der Waals surface area contributed by atoms with Crippen molar-refractivity contribution < 1.29 is 27.6 Å². The van der Waals surface area contributed by atoms with Crippen LogP contribution >= 0.6 is 12.0 Å². The molecule has 0 saturated heterocycles. The molecule has 6 nitrogen and oxygen atoms in total. The Labute approximate surface area is 214 Å². The number of benzene rings is 4. The van der Waals surface area contributed by atoms with Crippen molar-refractivity contribution in [2.24, 2.45) is 0 Å². The van der Waals surface area contributed by atoms with Crippen molar-refractivity contribution in [2.45, 2.75) is 9.79 Å². The van der Waals surface area contributed by atoms with Gasteiger partial charge in [0.05, 0.1) is 16.9 Å². The van der Waals surface area contributed by atoms with Crippen molar-refractivity contribution >= 4 is 46.5 Å². The Morgan fingerprint density at radius 2 is 1.14 bits per heavy atom. The van der Waals surface area contributed by atoms with Crippen molar-refractivity contribution in [3.63, 3.8) is 0 Å². The van der Waals surface area contributed by atoms with E-state index in [0.29, 0.717) is 5.56 Å². The van der Waals surface area contributed by atoms with E-state index in [1.807, 2.05) is 84.9 Å². The summed E-state index contributed by atoms with van der Waals surface area (Å²) < 4.78 is 38.8. The zero-order valence-electron chi connectivity index (χ0n) is 18.8. The number of hydrogen-bond donors (Lipinski definition) is 0. The highest BCUT2D eigenvalue weighted by Crippen LogP contribution is 2.26. The van der Waals surface area contributed by atoms with Gasteiger partial charge in [0.1, 0.15) is 10.1 Å². The summed E-state index contributed by atoms with van der Waals surface area (Å²) in [5, 5.41) is 13.5. The molecule has 8 heteroatoms. The topological polar surface area (TPSA) is 98.7 Å². The summed E-state index contributed by atoms with van der Waals surface area (Å²) >= 11 is 0.855. The van der Waals surface area contributed by atoms with Crippen LogP contribution in [0.5, 0.6) is 0 Å². The first-order valence-electron chi connectivity index (χ1n) is 10.8. The molecule has 0 aliphatic heterocycles. The van der Waals surface area contributed by atoms with Crippen molar-refractivity contribution in [3.05, 3.63) is 119 Å². The predicted molar refractivity (Wildman–Crippen MR) is 139 cm³/mol. The Morgan fingerprint density at radius 1 is 0.639 bits per heavy atom. The first-order valence-corrected chi connectivity index (χ1v) is 12.9. The molecule has 0 fully saturated rings. The lowest BCUT2D eigenvalue weighted by atomic mass is 10.0. The van der Waals surface area contributed by atoms with Crippen LogP contribution in [0.3, 0.4) is 0 Å². The first-order chi connectivity index (χ1) is 17.4. The molecular formula is C28H20O6S2-2. The van der Waals surface area contributed by atoms with Gasteiger partial charge in [-0.2, -0.15) is 4.33 Å². The maximum Gasteiger partial charge on any atom is 0.125 e. The van der Waals surface area contributed by atoms with Crippen LogP contribution in [0.15, 0.2) is 107 Å². The third kappa shape index (κ3) is 6.79. The van der Waals surface area contributed by atoms with E-state index in [-0.39, 0.29) is 4.90 Å². The molecule has 4 rings (SSSR count). The van der Waals surface area contributed by atoms with E-state index in [4.69, 9.17) is 0 Å². The second-order valence-electron chi connectivity index (χ2n) is 7.66. The van der Waals surface area contributed by atoms with Gasteiger partial charge in [-0.05, 0) is 45.5 Å². The van der Waals surface area contributed by atoms with E-state index in [1.165, 1.54) is 12.1 Å². The Bertz CT molecular complexity index is 1480. The summed E-state index contributed by atoms with van der Waals surface area (Å²) in [7, 11) is -4.54. The SMILES string of the molecule is O=S(=O)([O-])c1ccccc1C=Cc1ccc(-c2ccc(C=Cc3ccccc3SOO[O-])cc2)cc1. The fourth-order valence-corrected chi connectivity index (χ4v) is 4.67. The summed E-state index contributed by atoms with van der Waals surface area (Å²) in [5.41, 5.74) is 5.20. The monoisotopic (exact) mass is 516 g/mol. The maximum absolute atomic E-state index is 11.4. The van der Waals surface area contributed by atoms with Gasteiger partial charge < -0.3 is 9.81 Å². The lowest BCUT2D eigenvalue weighted by Crippen LogP contribution is -2.01. The van der Waals surface area contributed by atoms with E-state index in [1.54, 1.807) is 24.3 Å². The molecule has 0 N–H and O–H groups in total. The van der Waals surface area contributed by atoms with Crippen LogP contribution in [-0.4, -0.2) is 13.0 Å². The molecule has 4 aromatic carbocycles.